The van der Waals surface area contributed by atoms with Crippen LogP contribution in [0.25, 0.3) is 45.8 Å². The molecule has 6 heterocycles. The maximum absolute atomic E-state index is 4.61. The van der Waals surface area contributed by atoms with Gasteiger partial charge in [0.25, 0.3) is 0 Å². The average Bonchev–Trinajstić information content (AvgIpc) is 3.76. The molecule has 6 aromatic rings. The van der Waals surface area contributed by atoms with Gasteiger partial charge in [0.05, 0.1) is 19.6 Å². The molecule has 0 amide bonds. The minimum Gasteiger partial charge on any atom is -0.241 e. The van der Waals surface area contributed by atoms with Crippen LogP contribution in [-0.2, 0) is 26.2 Å². The van der Waals surface area contributed by atoms with E-state index < -0.39 is 0 Å². The molecule has 38 heavy (non-hydrogen) atoms. The molecule has 7 rings (SSSR count). The molecule has 10 bridgehead atoms. The van der Waals surface area contributed by atoms with E-state index in [1.807, 2.05) is 42.5 Å². The first-order valence-electron chi connectivity index (χ1n) is 12.0. The highest BCUT2D eigenvalue weighted by molar-refractivity contribution is 5.65. The van der Waals surface area contributed by atoms with E-state index >= 15 is 0 Å². The number of pyridine rings is 1. The Morgan fingerprint density at radius 2 is 1.13 bits per heavy atom. The molecule has 17 nitrogen and oxygen atoms in total. The first-order chi connectivity index (χ1) is 18.8. The van der Waals surface area contributed by atoms with E-state index in [0.29, 0.717) is 73.7 Å². The van der Waals surface area contributed by atoms with Gasteiger partial charge in [0.15, 0.2) is 5.82 Å². The Morgan fingerprint density at radius 3 is 1.84 bits per heavy atom. The zero-order valence-electron chi connectivity index (χ0n) is 19.9. The Kier molecular flexibility index (Phi) is 5.34. The summed E-state index contributed by atoms with van der Waals surface area (Å²) >= 11 is 0. The number of tetrazole rings is 4. The van der Waals surface area contributed by atoms with Gasteiger partial charge in [-0.2, -0.15) is 14.4 Å². The van der Waals surface area contributed by atoms with Crippen LogP contribution in [0, 0.1) is 0 Å². The molecule has 0 atom stereocenters. The lowest BCUT2D eigenvalue weighted by Gasteiger charge is -2.05. The minimum atomic E-state index is 0.413. The van der Waals surface area contributed by atoms with E-state index in [-0.39, 0.29) is 0 Å². The molecule has 188 valence electrons. The predicted molar refractivity (Wildman–Crippen MR) is 127 cm³/mol. The molecule has 0 radical (unpaired) electrons. The maximum atomic E-state index is 4.61. The number of fused-ring (bicyclic) bond motifs is 15. The third kappa shape index (κ3) is 4.25. The lowest BCUT2D eigenvalue weighted by molar-refractivity contribution is 0.429. The molecule has 0 unspecified atom stereocenters. The number of hydrogen-bond donors (Lipinski definition) is 0. The lowest BCUT2D eigenvalue weighted by atomic mass is 10.1. The summed E-state index contributed by atoms with van der Waals surface area (Å²) in [5.41, 5.74) is 2.80. The maximum Gasteiger partial charge on any atom is 0.223 e. The van der Waals surface area contributed by atoms with Crippen molar-refractivity contribution in [2.45, 2.75) is 39.0 Å². The van der Waals surface area contributed by atoms with E-state index in [2.05, 4.69) is 66.7 Å². The molecule has 0 N–H and O–H groups in total. The van der Waals surface area contributed by atoms with Crippen LogP contribution < -0.4 is 0 Å². The monoisotopic (exact) mass is 509 g/mol. The fourth-order valence-electron chi connectivity index (χ4n) is 4.09. The molecule has 0 fully saturated rings. The molecule has 0 spiro atoms. The summed E-state index contributed by atoms with van der Waals surface area (Å²) in [7, 11) is 0. The van der Waals surface area contributed by atoms with Crippen LogP contribution in [0.1, 0.15) is 12.8 Å². The highest BCUT2D eigenvalue weighted by atomic mass is 15.6. The Morgan fingerprint density at radius 1 is 0.553 bits per heavy atom. The summed E-state index contributed by atoms with van der Waals surface area (Å²) < 4.78 is 1.75. The third-order valence-electron chi connectivity index (χ3n) is 5.92. The van der Waals surface area contributed by atoms with E-state index in [0.717, 1.165) is 11.1 Å². The second kappa shape index (κ2) is 9.26. The number of nitrogens with zero attached hydrogens (tertiary/aromatic N) is 17. The number of aryl methyl sites for hydroxylation is 4. The van der Waals surface area contributed by atoms with Crippen LogP contribution in [0.4, 0.5) is 0 Å². The molecule has 0 saturated heterocycles. The van der Waals surface area contributed by atoms with Crippen LogP contribution in [0.3, 0.4) is 0 Å². The van der Waals surface area contributed by atoms with Crippen LogP contribution in [0.2, 0.25) is 0 Å². The fraction of sp³-hybridized carbons (Fsp3) is 0.286. The molecule has 0 saturated carbocycles. The first-order valence-corrected chi connectivity index (χ1v) is 12.0. The van der Waals surface area contributed by atoms with E-state index in [1.54, 1.807) is 9.48 Å². The smallest absolute Gasteiger partial charge is 0.223 e. The number of aromatic nitrogens is 17. The number of rotatable bonds is 0. The van der Waals surface area contributed by atoms with Crippen molar-refractivity contribution in [2.24, 2.45) is 0 Å². The van der Waals surface area contributed by atoms with E-state index in [9.17, 15) is 0 Å². The van der Waals surface area contributed by atoms with E-state index in [1.165, 1.54) is 9.59 Å². The standard InChI is InChI=1S/C21H19N17/c1-5-14-13-15(6-1)21-26-30-34-35(21)9-3-10-37-28-19(24-32-37)16-7-2-8-17(22-16)20-25-33-38(29-20)12-4-11-36-27-18(14)23-31-36/h1-2,5-8,13H,3-4,9-12H2. The lowest BCUT2D eigenvalue weighted by Crippen LogP contribution is -2.09. The molecular weight excluding hydrogens is 490 g/mol. The fourth-order valence-corrected chi connectivity index (χ4v) is 4.09. The summed E-state index contributed by atoms with van der Waals surface area (Å²) in [6, 6.07) is 13.2. The molecule has 1 aliphatic heterocycles. The summed E-state index contributed by atoms with van der Waals surface area (Å²) in [4.78, 5) is 9.24. The normalized spacial score (nSPS) is 13.7. The Hall–Kier alpha value is -5.35. The van der Waals surface area contributed by atoms with Gasteiger partial charge >= 0.3 is 0 Å². The molecule has 5 aromatic heterocycles. The third-order valence-corrected chi connectivity index (χ3v) is 5.92. The average molecular weight is 510 g/mol. The summed E-state index contributed by atoms with van der Waals surface area (Å²) in [5, 5.41) is 50.8. The van der Waals surface area contributed by atoms with Crippen molar-refractivity contribution >= 4 is 0 Å². The SMILES string of the molecule is c1cc2cc(c1)-c1nnnn1CCCn1nnc(n1)-c1cccc(n1)-c1nnn(n1)CCCn1nnc-2n1. The first kappa shape index (κ1) is 21.9. The summed E-state index contributed by atoms with van der Waals surface area (Å²) in [6.07, 6.45) is 1.37. The van der Waals surface area contributed by atoms with Gasteiger partial charge in [-0.05, 0) is 57.1 Å². The van der Waals surface area contributed by atoms with Crippen molar-refractivity contribution < 1.29 is 0 Å². The second-order valence-electron chi connectivity index (χ2n) is 8.55. The largest absolute Gasteiger partial charge is 0.241 e. The van der Waals surface area contributed by atoms with Gasteiger partial charge in [0.1, 0.15) is 11.4 Å². The van der Waals surface area contributed by atoms with Gasteiger partial charge in [-0.25, -0.2) is 9.67 Å². The second-order valence-corrected chi connectivity index (χ2v) is 8.55. The number of hydrogen-bond acceptors (Lipinski definition) is 13. The van der Waals surface area contributed by atoms with Crippen LogP contribution in [0.5, 0.6) is 0 Å². The quantitative estimate of drug-likeness (QED) is 0.270. The Labute approximate surface area is 213 Å². The van der Waals surface area contributed by atoms with Gasteiger partial charge < -0.3 is 0 Å². The van der Waals surface area contributed by atoms with Crippen LogP contribution in [-0.4, -0.2) is 85.8 Å². The minimum absolute atomic E-state index is 0.413. The van der Waals surface area contributed by atoms with Gasteiger partial charge in [-0.3, -0.25) is 0 Å². The van der Waals surface area contributed by atoms with Crippen molar-refractivity contribution in [3.63, 3.8) is 0 Å². The van der Waals surface area contributed by atoms with Crippen LogP contribution >= 0.6 is 0 Å². The Bertz CT molecular complexity index is 1710. The predicted octanol–water partition coefficient (Wildman–Crippen LogP) is 0.190. The van der Waals surface area contributed by atoms with Crippen molar-refractivity contribution in [1.29, 1.82) is 0 Å². The molecule has 1 aromatic carbocycles. The van der Waals surface area contributed by atoms with Crippen molar-refractivity contribution in [3.05, 3.63) is 42.5 Å². The zero-order chi connectivity index (χ0) is 25.3. The molecule has 1 aliphatic rings. The molecular formula is C21H19N17. The highest BCUT2D eigenvalue weighted by Crippen LogP contribution is 2.23. The highest BCUT2D eigenvalue weighted by Gasteiger charge is 2.15. The van der Waals surface area contributed by atoms with Gasteiger partial charge in [-0.15, -0.1) is 35.7 Å². The number of benzene rings is 1. The van der Waals surface area contributed by atoms with Gasteiger partial charge in [-0.1, -0.05) is 24.3 Å². The van der Waals surface area contributed by atoms with Gasteiger partial charge in [0, 0.05) is 17.7 Å². The Balaban J connectivity index is 1.22. The summed E-state index contributed by atoms with van der Waals surface area (Å²) in [6.45, 7) is 2.15. The van der Waals surface area contributed by atoms with Crippen molar-refractivity contribution in [1.82, 2.24) is 85.8 Å². The summed E-state index contributed by atoms with van der Waals surface area (Å²) in [5.74, 6) is 1.99. The van der Waals surface area contributed by atoms with Crippen molar-refractivity contribution in [3.8, 4) is 45.8 Å². The van der Waals surface area contributed by atoms with Gasteiger partial charge in [0.2, 0.25) is 17.5 Å². The van der Waals surface area contributed by atoms with Crippen molar-refractivity contribution in [2.75, 3.05) is 0 Å². The zero-order valence-corrected chi connectivity index (χ0v) is 19.9. The van der Waals surface area contributed by atoms with E-state index in [4.69, 9.17) is 0 Å². The topological polar surface area (TPSA) is 187 Å². The molecule has 17 heteroatoms. The molecule has 0 aliphatic carbocycles. The van der Waals surface area contributed by atoms with Crippen LogP contribution in [0.15, 0.2) is 42.5 Å².